The second-order valence-electron chi connectivity index (χ2n) is 2.97. The zero-order chi connectivity index (χ0) is 7.94. The SMILES string of the molecule is C=C/C=C\CC=C1CCCC1. The monoisotopic (exact) mass is 148 g/mol. The fraction of sp³-hybridized carbons (Fsp3) is 0.455. The number of hydrogen-bond acceptors (Lipinski definition) is 0. The molecule has 0 saturated heterocycles. The first-order valence-corrected chi connectivity index (χ1v) is 4.39. The molecule has 1 rings (SSSR count). The lowest BCUT2D eigenvalue weighted by Crippen LogP contribution is -1.70. The molecule has 60 valence electrons. The predicted molar refractivity (Wildman–Crippen MR) is 50.5 cm³/mol. The van der Waals surface area contributed by atoms with E-state index in [1.807, 2.05) is 12.2 Å². The van der Waals surface area contributed by atoms with Crippen LogP contribution in [0.4, 0.5) is 0 Å². The molecule has 1 aliphatic rings. The molecule has 0 spiro atoms. The van der Waals surface area contributed by atoms with Crippen molar-refractivity contribution in [3.8, 4) is 0 Å². The van der Waals surface area contributed by atoms with Crippen molar-refractivity contribution in [1.29, 1.82) is 0 Å². The summed E-state index contributed by atoms with van der Waals surface area (Å²) >= 11 is 0. The van der Waals surface area contributed by atoms with Crippen molar-refractivity contribution in [1.82, 2.24) is 0 Å². The first-order valence-electron chi connectivity index (χ1n) is 4.39. The van der Waals surface area contributed by atoms with Gasteiger partial charge in [0.05, 0.1) is 0 Å². The number of allylic oxidation sites excluding steroid dienone is 5. The maximum absolute atomic E-state index is 3.62. The van der Waals surface area contributed by atoms with E-state index in [0.29, 0.717) is 0 Å². The minimum atomic E-state index is 1.08. The van der Waals surface area contributed by atoms with Crippen molar-refractivity contribution in [2.45, 2.75) is 32.1 Å². The minimum Gasteiger partial charge on any atom is -0.0991 e. The van der Waals surface area contributed by atoms with Gasteiger partial charge in [-0.3, -0.25) is 0 Å². The Morgan fingerprint density at radius 1 is 1.27 bits per heavy atom. The molecule has 1 aliphatic carbocycles. The fourth-order valence-electron chi connectivity index (χ4n) is 1.44. The predicted octanol–water partition coefficient (Wildman–Crippen LogP) is 3.62. The Morgan fingerprint density at radius 2 is 2.00 bits per heavy atom. The van der Waals surface area contributed by atoms with Crippen molar-refractivity contribution in [2.75, 3.05) is 0 Å². The molecule has 0 heterocycles. The third-order valence-corrected chi connectivity index (χ3v) is 2.06. The summed E-state index contributed by atoms with van der Waals surface area (Å²) in [5, 5.41) is 0. The molecule has 0 N–H and O–H groups in total. The van der Waals surface area contributed by atoms with Gasteiger partial charge >= 0.3 is 0 Å². The topological polar surface area (TPSA) is 0 Å². The molecule has 0 aromatic carbocycles. The molecule has 0 aromatic heterocycles. The van der Waals surface area contributed by atoms with Crippen LogP contribution in [0.2, 0.25) is 0 Å². The highest BCUT2D eigenvalue weighted by molar-refractivity contribution is 5.09. The molecule has 0 aliphatic heterocycles. The number of hydrogen-bond donors (Lipinski definition) is 0. The van der Waals surface area contributed by atoms with Crippen LogP contribution in [0.25, 0.3) is 0 Å². The highest BCUT2D eigenvalue weighted by Crippen LogP contribution is 2.23. The maximum atomic E-state index is 3.62. The Balaban J connectivity index is 2.22. The van der Waals surface area contributed by atoms with Gasteiger partial charge in [-0.1, -0.05) is 36.5 Å². The van der Waals surface area contributed by atoms with E-state index in [-0.39, 0.29) is 0 Å². The van der Waals surface area contributed by atoms with Crippen LogP contribution >= 0.6 is 0 Å². The third-order valence-electron chi connectivity index (χ3n) is 2.06. The summed E-state index contributed by atoms with van der Waals surface area (Å²) in [6.45, 7) is 3.62. The molecule has 0 aromatic rings. The second kappa shape index (κ2) is 4.95. The summed E-state index contributed by atoms with van der Waals surface area (Å²) in [6, 6.07) is 0. The van der Waals surface area contributed by atoms with Crippen LogP contribution in [-0.4, -0.2) is 0 Å². The van der Waals surface area contributed by atoms with Crippen LogP contribution in [0.15, 0.2) is 36.5 Å². The van der Waals surface area contributed by atoms with Gasteiger partial charge in [0, 0.05) is 0 Å². The molecule has 11 heavy (non-hydrogen) atoms. The van der Waals surface area contributed by atoms with Crippen molar-refractivity contribution >= 4 is 0 Å². The van der Waals surface area contributed by atoms with Gasteiger partial charge in [-0.2, -0.15) is 0 Å². The van der Waals surface area contributed by atoms with Crippen LogP contribution in [0.1, 0.15) is 32.1 Å². The average Bonchev–Trinajstić information content (AvgIpc) is 2.50. The quantitative estimate of drug-likeness (QED) is 0.423. The van der Waals surface area contributed by atoms with Crippen molar-refractivity contribution in [3.63, 3.8) is 0 Å². The Kier molecular flexibility index (Phi) is 3.74. The van der Waals surface area contributed by atoms with E-state index >= 15 is 0 Å². The molecule has 1 saturated carbocycles. The zero-order valence-electron chi connectivity index (χ0n) is 7.05. The second-order valence-corrected chi connectivity index (χ2v) is 2.97. The van der Waals surface area contributed by atoms with Gasteiger partial charge in [0.15, 0.2) is 0 Å². The van der Waals surface area contributed by atoms with Gasteiger partial charge in [0.1, 0.15) is 0 Å². The van der Waals surface area contributed by atoms with Crippen molar-refractivity contribution in [2.24, 2.45) is 0 Å². The lowest BCUT2D eigenvalue weighted by molar-refractivity contribution is 0.886. The first-order chi connectivity index (χ1) is 5.43. The fourth-order valence-corrected chi connectivity index (χ4v) is 1.44. The molecule has 0 amide bonds. The number of rotatable bonds is 3. The smallest absolute Gasteiger partial charge is 0.0163 e. The van der Waals surface area contributed by atoms with E-state index in [9.17, 15) is 0 Å². The normalized spacial score (nSPS) is 17.6. The molecular formula is C11H16. The van der Waals surface area contributed by atoms with Gasteiger partial charge in [-0.15, -0.1) is 0 Å². The molecule has 0 heteroatoms. The van der Waals surface area contributed by atoms with Gasteiger partial charge in [0.25, 0.3) is 0 Å². The maximum Gasteiger partial charge on any atom is -0.0163 e. The van der Waals surface area contributed by atoms with E-state index in [1.54, 1.807) is 5.57 Å². The Labute approximate surface area is 69.3 Å². The van der Waals surface area contributed by atoms with Crippen LogP contribution in [0.5, 0.6) is 0 Å². The average molecular weight is 148 g/mol. The van der Waals surface area contributed by atoms with E-state index in [1.165, 1.54) is 25.7 Å². The highest BCUT2D eigenvalue weighted by Gasteiger charge is 2.04. The summed E-state index contributed by atoms with van der Waals surface area (Å²) < 4.78 is 0. The molecule has 0 bridgehead atoms. The van der Waals surface area contributed by atoms with E-state index in [2.05, 4.69) is 18.7 Å². The Hall–Kier alpha value is -0.780. The highest BCUT2D eigenvalue weighted by atomic mass is 14.1. The molecular weight excluding hydrogens is 132 g/mol. The molecule has 0 nitrogen and oxygen atoms in total. The Bertz CT molecular complexity index is 164. The van der Waals surface area contributed by atoms with Crippen molar-refractivity contribution in [3.05, 3.63) is 36.5 Å². The molecule has 1 fully saturated rings. The molecule has 0 unspecified atom stereocenters. The molecule has 0 atom stereocenters. The van der Waals surface area contributed by atoms with E-state index < -0.39 is 0 Å². The first kappa shape index (κ1) is 8.32. The van der Waals surface area contributed by atoms with Crippen LogP contribution < -0.4 is 0 Å². The van der Waals surface area contributed by atoms with E-state index in [0.717, 1.165) is 6.42 Å². The summed E-state index contributed by atoms with van der Waals surface area (Å²) in [6.07, 6.45) is 14.9. The standard InChI is InChI=1S/C11H16/c1-2-3-4-5-8-11-9-6-7-10-11/h2-4,8H,1,5-7,9-10H2/b4-3-. The lowest BCUT2D eigenvalue weighted by atomic mass is 10.2. The Morgan fingerprint density at radius 3 is 2.64 bits per heavy atom. The van der Waals surface area contributed by atoms with Gasteiger partial charge in [0.2, 0.25) is 0 Å². The van der Waals surface area contributed by atoms with Gasteiger partial charge < -0.3 is 0 Å². The third kappa shape index (κ3) is 3.22. The van der Waals surface area contributed by atoms with Gasteiger partial charge in [-0.25, -0.2) is 0 Å². The van der Waals surface area contributed by atoms with Crippen molar-refractivity contribution < 1.29 is 0 Å². The van der Waals surface area contributed by atoms with Gasteiger partial charge in [-0.05, 0) is 32.1 Å². The molecule has 0 radical (unpaired) electrons. The van der Waals surface area contributed by atoms with E-state index in [4.69, 9.17) is 0 Å². The summed E-state index contributed by atoms with van der Waals surface area (Å²) in [5.74, 6) is 0. The summed E-state index contributed by atoms with van der Waals surface area (Å²) in [5.41, 5.74) is 1.65. The van der Waals surface area contributed by atoms with Crippen LogP contribution in [-0.2, 0) is 0 Å². The largest absolute Gasteiger partial charge is 0.0991 e. The minimum absolute atomic E-state index is 1.08. The summed E-state index contributed by atoms with van der Waals surface area (Å²) in [7, 11) is 0. The van der Waals surface area contributed by atoms with Crippen LogP contribution in [0, 0.1) is 0 Å². The summed E-state index contributed by atoms with van der Waals surface area (Å²) in [4.78, 5) is 0. The lowest BCUT2D eigenvalue weighted by Gasteiger charge is -1.90. The van der Waals surface area contributed by atoms with Crippen LogP contribution in [0.3, 0.4) is 0 Å². The zero-order valence-corrected chi connectivity index (χ0v) is 7.05.